The van der Waals surface area contributed by atoms with Crippen LogP contribution in [-0.4, -0.2) is 39.4 Å². The largest absolute Gasteiger partial charge is 0.495 e. The van der Waals surface area contributed by atoms with Gasteiger partial charge in [-0.25, -0.2) is 17.8 Å². The van der Waals surface area contributed by atoms with Gasteiger partial charge in [0.15, 0.2) is 5.78 Å². The van der Waals surface area contributed by atoms with E-state index < -0.39 is 10.0 Å². The fraction of sp³-hybridized carbons (Fsp3) is 0.308. The fourth-order valence-electron chi connectivity index (χ4n) is 4.40. The summed E-state index contributed by atoms with van der Waals surface area (Å²) in [5.74, 6) is 0.177. The lowest BCUT2D eigenvalue weighted by Gasteiger charge is -2.33. The first-order valence-corrected chi connectivity index (χ1v) is 13.0. The van der Waals surface area contributed by atoms with Crippen LogP contribution in [0.2, 0.25) is 0 Å². The number of benzene rings is 2. The molecule has 0 amide bonds. The van der Waals surface area contributed by atoms with Crippen molar-refractivity contribution < 1.29 is 22.3 Å². The van der Waals surface area contributed by atoms with E-state index in [0.29, 0.717) is 60.7 Å². The number of hydrogen-bond acceptors (Lipinski definition) is 6. The average Bonchev–Trinajstić information content (AvgIpc) is 2.88. The number of Topliss-reactive ketones (excluding diaryl/α,β-unsaturated/α-hetero) is 1. The number of ketones is 1. The molecular formula is C26H28FN3O4S. The number of methoxy groups -OCH3 is 1. The highest BCUT2D eigenvalue weighted by molar-refractivity contribution is 7.93. The van der Waals surface area contributed by atoms with Crippen LogP contribution in [0.5, 0.6) is 5.75 Å². The molecule has 1 saturated heterocycles. The Balaban J connectivity index is 1.58. The Kier molecular flexibility index (Phi) is 7.35. The van der Waals surface area contributed by atoms with Crippen LogP contribution >= 0.6 is 0 Å². The van der Waals surface area contributed by atoms with E-state index in [-0.39, 0.29) is 22.4 Å². The van der Waals surface area contributed by atoms with E-state index in [2.05, 4.69) is 9.71 Å². The van der Waals surface area contributed by atoms with Gasteiger partial charge in [0.2, 0.25) is 0 Å². The number of sulfonamides is 1. The lowest BCUT2D eigenvalue weighted by atomic mass is 9.89. The van der Waals surface area contributed by atoms with Gasteiger partial charge < -0.3 is 9.64 Å². The van der Waals surface area contributed by atoms with Gasteiger partial charge in [-0.1, -0.05) is 19.1 Å². The summed E-state index contributed by atoms with van der Waals surface area (Å²) in [6, 6.07) is 14.1. The molecule has 2 heterocycles. The monoisotopic (exact) mass is 497 g/mol. The number of hydrogen-bond donors (Lipinski definition) is 1. The first kappa shape index (κ1) is 24.7. The summed E-state index contributed by atoms with van der Waals surface area (Å²) in [6.07, 6.45) is 3.23. The summed E-state index contributed by atoms with van der Waals surface area (Å²) in [5.41, 5.74) is 1.48. The van der Waals surface area contributed by atoms with Crippen molar-refractivity contribution in [3.8, 4) is 5.75 Å². The Labute approximate surface area is 205 Å². The van der Waals surface area contributed by atoms with E-state index in [1.54, 1.807) is 36.5 Å². The van der Waals surface area contributed by atoms with Crippen molar-refractivity contribution in [2.45, 2.75) is 31.1 Å². The van der Waals surface area contributed by atoms with Crippen LogP contribution in [0, 0.1) is 11.7 Å². The van der Waals surface area contributed by atoms with Crippen LogP contribution in [0.1, 0.15) is 35.7 Å². The van der Waals surface area contributed by atoms with E-state index >= 15 is 0 Å². The van der Waals surface area contributed by atoms with E-state index in [4.69, 9.17) is 4.74 Å². The van der Waals surface area contributed by atoms with E-state index in [1.165, 1.54) is 31.4 Å². The summed E-state index contributed by atoms with van der Waals surface area (Å²) in [5, 5.41) is 0. The van der Waals surface area contributed by atoms with Crippen LogP contribution in [-0.2, 0) is 16.4 Å². The Morgan fingerprint density at radius 3 is 2.46 bits per heavy atom. The van der Waals surface area contributed by atoms with Gasteiger partial charge in [-0.15, -0.1) is 0 Å². The zero-order valence-corrected chi connectivity index (χ0v) is 20.5. The van der Waals surface area contributed by atoms with Gasteiger partial charge in [0.05, 0.1) is 12.8 Å². The zero-order valence-electron chi connectivity index (χ0n) is 19.7. The van der Waals surface area contributed by atoms with Gasteiger partial charge in [-0.05, 0) is 67.3 Å². The molecule has 1 N–H and O–H groups in total. The molecule has 0 spiro atoms. The molecule has 0 aliphatic carbocycles. The van der Waals surface area contributed by atoms with Gasteiger partial charge >= 0.3 is 0 Å². The number of piperidine rings is 1. The second-order valence-electron chi connectivity index (χ2n) is 8.41. The van der Waals surface area contributed by atoms with Crippen LogP contribution in [0.3, 0.4) is 0 Å². The first-order valence-electron chi connectivity index (χ1n) is 11.5. The molecule has 0 unspecified atom stereocenters. The smallest absolute Gasteiger partial charge is 0.265 e. The number of nitrogens with zero attached hydrogens (tertiary/aromatic N) is 2. The number of anilines is 2. The number of ether oxygens (including phenoxy) is 1. The van der Waals surface area contributed by atoms with E-state index in [1.807, 2.05) is 11.8 Å². The lowest BCUT2D eigenvalue weighted by Crippen LogP contribution is -2.38. The van der Waals surface area contributed by atoms with Gasteiger partial charge in [0.25, 0.3) is 10.0 Å². The highest BCUT2D eigenvalue weighted by Gasteiger charge is 2.31. The molecule has 0 radical (unpaired) electrons. The highest BCUT2D eigenvalue weighted by Crippen LogP contribution is 2.34. The van der Waals surface area contributed by atoms with E-state index in [0.717, 1.165) is 0 Å². The van der Waals surface area contributed by atoms with Crippen molar-refractivity contribution in [3.63, 3.8) is 0 Å². The number of halogens is 1. The lowest BCUT2D eigenvalue weighted by molar-refractivity contribution is 0.0900. The number of nitrogens with one attached hydrogen (secondary N) is 1. The normalized spacial score (nSPS) is 14.5. The summed E-state index contributed by atoms with van der Waals surface area (Å²) in [6.45, 7) is 2.86. The molecule has 1 fully saturated rings. The molecule has 0 saturated carbocycles. The topological polar surface area (TPSA) is 88.6 Å². The third-order valence-corrected chi connectivity index (χ3v) is 7.73. The fourth-order valence-corrected chi connectivity index (χ4v) is 5.94. The number of rotatable bonds is 8. The third-order valence-electron chi connectivity index (χ3n) is 6.26. The predicted molar refractivity (Wildman–Crippen MR) is 133 cm³/mol. The van der Waals surface area contributed by atoms with Crippen molar-refractivity contribution in [3.05, 3.63) is 77.7 Å². The molecule has 4 rings (SSSR count). The van der Waals surface area contributed by atoms with Gasteiger partial charge in [0.1, 0.15) is 22.3 Å². The third kappa shape index (κ3) is 5.30. The minimum atomic E-state index is -3.98. The number of carbonyl (C=O) groups excluding carboxylic acids is 1. The van der Waals surface area contributed by atoms with Crippen molar-refractivity contribution >= 4 is 27.3 Å². The van der Waals surface area contributed by atoms with Crippen LogP contribution in [0.25, 0.3) is 0 Å². The standard InChI is InChI=1S/C26H28FN3O4S/c1-3-18-12-15-28-26(25(18)35(32,33)29-22-6-4-5-7-23(22)34-2)30-16-13-20(14-17-30)24(31)19-8-10-21(27)11-9-19/h4-12,15,20,29H,3,13-14,16-17H2,1-2H3. The van der Waals surface area contributed by atoms with Gasteiger partial charge in [-0.3, -0.25) is 9.52 Å². The maximum Gasteiger partial charge on any atom is 0.265 e. The molecule has 7 nitrogen and oxygen atoms in total. The molecule has 184 valence electrons. The van der Waals surface area contributed by atoms with Crippen LogP contribution in [0.4, 0.5) is 15.9 Å². The molecule has 2 aromatic carbocycles. The van der Waals surface area contributed by atoms with Crippen molar-refractivity contribution in [1.29, 1.82) is 0 Å². The highest BCUT2D eigenvalue weighted by atomic mass is 32.2. The molecule has 1 aromatic heterocycles. The number of aromatic nitrogens is 1. The van der Waals surface area contributed by atoms with Crippen LogP contribution < -0.4 is 14.4 Å². The SMILES string of the molecule is CCc1ccnc(N2CCC(C(=O)c3ccc(F)cc3)CC2)c1S(=O)(=O)Nc1ccccc1OC. The molecule has 1 aliphatic heterocycles. The van der Waals surface area contributed by atoms with Crippen molar-refractivity contribution in [1.82, 2.24) is 4.98 Å². The number of carbonyl (C=O) groups is 1. The van der Waals surface area contributed by atoms with Crippen LogP contribution in [0.15, 0.2) is 65.7 Å². The second kappa shape index (κ2) is 10.4. The zero-order chi connectivity index (χ0) is 25.0. The maximum absolute atomic E-state index is 13.6. The first-order chi connectivity index (χ1) is 16.8. The summed E-state index contributed by atoms with van der Waals surface area (Å²) in [7, 11) is -2.50. The predicted octanol–water partition coefficient (Wildman–Crippen LogP) is 4.69. The Morgan fingerprint density at radius 2 is 1.80 bits per heavy atom. The Bertz CT molecular complexity index is 1300. The summed E-state index contributed by atoms with van der Waals surface area (Å²) in [4.78, 5) is 19.4. The quantitative estimate of drug-likeness (QED) is 0.454. The second-order valence-corrected chi connectivity index (χ2v) is 10.0. The summed E-state index contributed by atoms with van der Waals surface area (Å²) < 4.78 is 48.3. The number of para-hydroxylation sites is 2. The minimum absolute atomic E-state index is 0.0226. The molecule has 35 heavy (non-hydrogen) atoms. The molecule has 0 atom stereocenters. The van der Waals surface area contributed by atoms with E-state index in [9.17, 15) is 17.6 Å². The Hall–Kier alpha value is -3.46. The van der Waals surface area contributed by atoms with Gasteiger partial charge in [0, 0.05) is 30.8 Å². The maximum atomic E-state index is 13.6. The number of pyridine rings is 1. The molecule has 9 heteroatoms. The van der Waals surface area contributed by atoms with Crippen molar-refractivity contribution in [2.24, 2.45) is 5.92 Å². The van der Waals surface area contributed by atoms with Crippen molar-refractivity contribution in [2.75, 3.05) is 29.8 Å². The summed E-state index contributed by atoms with van der Waals surface area (Å²) >= 11 is 0. The molecular weight excluding hydrogens is 469 g/mol. The minimum Gasteiger partial charge on any atom is -0.495 e. The average molecular weight is 498 g/mol. The molecule has 3 aromatic rings. The number of aryl methyl sites for hydroxylation is 1. The van der Waals surface area contributed by atoms with Gasteiger partial charge in [-0.2, -0.15) is 0 Å². The molecule has 1 aliphatic rings. The molecule has 0 bridgehead atoms. The Morgan fingerprint density at radius 1 is 1.11 bits per heavy atom.